The Labute approximate surface area is 132 Å². The van der Waals surface area contributed by atoms with Crippen LogP contribution in [0.15, 0.2) is 46.1 Å². The molecule has 0 saturated heterocycles. The minimum atomic E-state index is -0.495. The van der Waals surface area contributed by atoms with Crippen molar-refractivity contribution in [1.29, 1.82) is 0 Å². The minimum absolute atomic E-state index is 0.0352. The molecular weight excluding hydrogens is 302 g/mol. The molecule has 2 aromatic rings. The Morgan fingerprint density at radius 1 is 1.39 bits per heavy atom. The maximum atomic E-state index is 11.7. The molecule has 0 aliphatic rings. The van der Waals surface area contributed by atoms with Gasteiger partial charge >= 0.3 is 0 Å². The smallest absolute Gasteiger partial charge is 0.277 e. The van der Waals surface area contributed by atoms with Gasteiger partial charge in [0.25, 0.3) is 5.91 Å². The second kappa shape index (κ2) is 7.43. The number of nitrogens with zero attached hydrogens (tertiary/aromatic N) is 2. The van der Waals surface area contributed by atoms with Crippen molar-refractivity contribution in [3.63, 3.8) is 0 Å². The van der Waals surface area contributed by atoms with Gasteiger partial charge in [0.15, 0.2) is 6.61 Å². The quantitative estimate of drug-likeness (QED) is 0.556. The van der Waals surface area contributed by atoms with Crippen molar-refractivity contribution in [2.24, 2.45) is 5.10 Å². The van der Waals surface area contributed by atoms with Crippen LogP contribution in [0, 0.1) is 6.92 Å². The average Bonchev–Trinajstić information content (AvgIpc) is 3.05. The van der Waals surface area contributed by atoms with Crippen molar-refractivity contribution < 1.29 is 24.4 Å². The fraction of sp³-hybridized carbons (Fsp3) is 0.200. The van der Waals surface area contributed by atoms with Crippen LogP contribution in [0.2, 0.25) is 0 Å². The van der Waals surface area contributed by atoms with E-state index in [2.05, 4.69) is 10.5 Å². The monoisotopic (exact) mass is 319 g/mol. The van der Waals surface area contributed by atoms with Crippen molar-refractivity contribution >= 4 is 17.3 Å². The van der Waals surface area contributed by atoms with Gasteiger partial charge in [-0.05, 0) is 43.7 Å². The Morgan fingerprint density at radius 3 is 2.83 bits per heavy atom. The predicted molar refractivity (Wildman–Crippen MR) is 81.8 cm³/mol. The number of furan rings is 1. The van der Waals surface area contributed by atoms with Crippen molar-refractivity contribution in [3.05, 3.63) is 47.9 Å². The zero-order valence-electron chi connectivity index (χ0n) is 12.7. The number of carbonyl (C=O) groups is 1. The fourth-order valence-corrected chi connectivity index (χ4v) is 1.77. The van der Waals surface area contributed by atoms with E-state index in [4.69, 9.17) is 19.6 Å². The van der Waals surface area contributed by atoms with Crippen LogP contribution in [-0.4, -0.2) is 28.6 Å². The molecule has 0 atom stereocenters. The molecule has 0 aliphatic heterocycles. The summed E-state index contributed by atoms with van der Waals surface area (Å²) in [5.74, 6) is 0.204. The number of anilines is 1. The van der Waals surface area contributed by atoms with E-state index in [9.17, 15) is 4.79 Å². The van der Waals surface area contributed by atoms with Gasteiger partial charge in [-0.25, -0.2) is 5.43 Å². The highest BCUT2D eigenvalue weighted by Crippen LogP contribution is 2.27. The van der Waals surface area contributed by atoms with E-state index in [0.717, 1.165) is 5.56 Å². The van der Waals surface area contributed by atoms with E-state index in [1.54, 1.807) is 32.0 Å². The zero-order valence-corrected chi connectivity index (χ0v) is 12.7. The SMILES string of the molecule is CC(=NNC(=O)COc1ccc(C)cc1N(O)O)c1ccco1. The van der Waals surface area contributed by atoms with Crippen molar-refractivity contribution in [2.75, 3.05) is 11.8 Å². The molecule has 2 rings (SSSR count). The lowest BCUT2D eigenvalue weighted by Crippen LogP contribution is -2.26. The van der Waals surface area contributed by atoms with Crippen molar-refractivity contribution in [2.45, 2.75) is 13.8 Å². The third-order valence-corrected chi connectivity index (χ3v) is 2.91. The predicted octanol–water partition coefficient (Wildman–Crippen LogP) is 2.09. The summed E-state index contributed by atoms with van der Waals surface area (Å²) in [7, 11) is 0. The molecule has 122 valence electrons. The molecule has 1 aromatic heterocycles. The zero-order chi connectivity index (χ0) is 16.8. The molecule has 1 heterocycles. The van der Waals surface area contributed by atoms with Crippen LogP contribution in [0.4, 0.5) is 5.69 Å². The molecule has 1 amide bonds. The maximum absolute atomic E-state index is 11.7. The molecule has 0 fully saturated rings. The van der Waals surface area contributed by atoms with E-state index in [1.165, 1.54) is 18.4 Å². The molecule has 0 radical (unpaired) electrons. The first-order valence-electron chi connectivity index (χ1n) is 6.75. The number of hydrazone groups is 1. The van der Waals surface area contributed by atoms with Gasteiger partial charge in [0, 0.05) is 0 Å². The number of carbonyl (C=O) groups excluding carboxylic acids is 1. The standard InChI is InChI=1S/C15H17N3O5/c1-10-5-6-14(12(8-10)18(20)21)23-9-15(19)17-16-11(2)13-4-3-7-22-13/h3-8,20-21H,9H2,1-2H3,(H,17,19). The van der Waals surface area contributed by atoms with E-state index < -0.39 is 5.91 Å². The first kappa shape index (κ1) is 16.5. The normalized spacial score (nSPS) is 11.2. The Morgan fingerprint density at radius 2 is 2.17 bits per heavy atom. The number of ether oxygens (including phenoxy) is 1. The van der Waals surface area contributed by atoms with Crippen molar-refractivity contribution in [3.8, 4) is 5.75 Å². The topological polar surface area (TPSA) is 108 Å². The summed E-state index contributed by atoms with van der Waals surface area (Å²) >= 11 is 0. The highest BCUT2D eigenvalue weighted by molar-refractivity contribution is 5.96. The van der Waals surface area contributed by atoms with E-state index in [1.807, 2.05) is 0 Å². The highest BCUT2D eigenvalue weighted by Gasteiger charge is 2.11. The number of nitrogens with one attached hydrogen (secondary N) is 1. The van der Waals surface area contributed by atoms with E-state index >= 15 is 0 Å². The van der Waals surface area contributed by atoms with Gasteiger partial charge in [-0.15, -0.1) is 5.23 Å². The van der Waals surface area contributed by atoms with Gasteiger partial charge in [-0.3, -0.25) is 15.2 Å². The van der Waals surface area contributed by atoms with Crippen LogP contribution in [0.5, 0.6) is 5.75 Å². The van der Waals surface area contributed by atoms with Crippen molar-refractivity contribution in [1.82, 2.24) is 5.43 Å². The number of aryl methyl sites for hydroxylation is 1. The van der Waals surface area contributed by atoms with Crippen LogP contribution in [0.3, 0.4) is 0 Å². The molecule has 8 nitrogen and oxygen atoms in total. The third kappa shape index (κ3) is 4.56. The first-order chi connectivity index (χ1) is 11.0. The van der Waals surface area contributed by atoms with Crippen LogP contribution in [-0.2, 0) is 4.79 Å². The number of hydrogen-bond donors (Lipinski definition) is 3. The minimum Gasteiger partial charge on any atom is -0.481 e. The maximum Gasteiger partial charge on any atom is 0.277 e. The molecule has 8 heteroatoms. The lowest BCUT2D eigenvalue weighted by molar-refractivity contribution is -0.123. The molecule has 0 bridgehead atoms. The Balaban J connectivity index is 1.93. The highest BCUT2D eigenvalue weighted by atomic mass is 16.8. The van der Waals surface area contributed by atoms with Gasteiger partial charge in [0.1, 0.15) is 22.9 Å². The largest absolute Gasteiger partial charge is 0.481 e. The molecular formula is C15H17N3O5. The summed E-state index contributed by atoms with van der Waals surface area (Å²) in [6.45, 7) is 3.14. The number of rotatable bonds is 6. The van der Waals surface area contributed by atoms with E-state index in [0.29, 0.717) is 11.5 Å². The fourth-order valence-electron chi connectivity index (χ4n) is 1.77. The van der Waals surface area contributed by atoms with Crippen LogP contribution in [0.1, 0.15) is 18.2 Å². The van der Waals surface area contributed by atoms with Gasteiger partial charge in [0.2, 0.25) is 0 Å². The molecule has 1 aromatic carbocycles. The van der Waals surface area contributed by atoms with Crippen LogP contribution < -0.4 is 15.4 Å². The number of benzene rings is 1. The first-order valence-corrected chi connectivity index (χ1v) is 6.75. The molecule has 0 unspecified atom stereocenters. The summed E-state index contributed by atoms with van der Waals surface area (Å²) in [5, 5.41) is 22.1. The molecule has 0 saturated carbocycles. The lowest BCUT2D eigenvalue weighted by Gasteiger charge is -2.14. The van der Waals surface area contributed by atoms with Crippen LogP contribution in [0.25, 0.3) is 0 Å². The second-order valence-electron chi connectivity index (χ2n) is 4.76. The average molecular weight is 319 g/mol. The lowest BCUT2D eigenvalue weighted by atomic mass is 10.2. The van der Waals surface area contributed by atoms with Gasteiger partial charge in [-0.2, -0.15) is 5.10 Å². The summed E-state index contributed by atoms with van der Waals surface area (Å²) < 4.78 is 10.4. The number of hydrogen-bond acceptors (Lipinski definition) is 7. The Bertz CT molecular complexity index is 695. The van der Waals surface area contributed by atoms with Gasteiger partial charge in [0.05, 0.1) is 6.26 Å². The Kier molecular flexibility index (Phi) is 5.34. The van der Waals surface area contributed by atoms with Gasteiger partial charge in [-0.1, -0.05) is 6.07 Å². The van der Waals surface area contributed by atoms with Crippen LogP contribution >= 0.6 is 0 Å². The van der Waals surface area contributed by atoms with Gasteiger partial charge < -0.3 is 9.15 Å². The summed E-state index contributed by atoms with van der Waals surface area (Å²) in [4.78, 5) is 11.7. The summed E-state index contributed by atoms with van der Waals surface area (Å²) in [6.07, 6.45) is 1.51. The molecule has 0 spiro atoms. The van der Waals surface area contributed by atoms with E-state index in [-0.39, 0.29) is 23.3 Å². The molecule has 3 N–H and O–H groups in total. The second-order valence-corrected chi connectivity index (χ2v) is 4.76. The molecule has 0 aliphatic carbocycles. The number of amides is 1. The summed E-state index contributed by atoms with van der Waals surface area (Å²) in [5.41, 5.74) is 3.68. The summed E-state index contributed by atoms with van der Waals surface area (Å²) in [6, 6.07) is 8.20. The Hall–Kier alpha value is -2.84. The third-order valence-electron chi connectivity index (χ3n) is 2.91. The molecule has 23 heavy (non-hydrogen) atoms.